The topological polar surface area (TPSA) is 47.0 Å². The average molecular weight is 283 g/mol. The van der Waals surface area contributed by atoms with E-state index in [9.17, 15) is 0 Å². The predicted molar refractivity (Wildman–Crippen MR) is 84.8 cm³/mol. The molecule has 1 aliphatic heterocycles. The summed E-state index contributed by atoms with van der Waals surface area (Å²) in [5, 5.41) is 3.40. The smallest absolute Gasteiger partial charge is 0.133 e. The van der Waals surface area contributed by atoms with E-state index < -0.39 is 0 Å². The van der Waals surface area contributed by atoms with Gasteiger partial charge in [-0.3, -0.25) is 0 Å². The summed E-state index contributed by atoms with van der Waals surface area (Å²) < 4.78 is 5.58. The second-order valence-electron chi connectivity index (χ2n) is 5.25. The molecule has 0 spiro atoms. The molecule has 0 bridgehead atoms. The molecule has 0 unspecified atom stereocenters. The molecule has 1 aromatic carbocycles. The Kier molecular flexibility index (Phi) is 4.04. The molecule has 4 heteroatoms. The Balaban J connectivity index is 2.01. The molecule has 2 heterocycles. The monoisotopic (exact) mass is 283 g/mol. The quantitative estimate of drug-likeness (QED) is 0.913. The standard InChI is InChI=1S/C17H21N3O/c1-3-8-18-17-14(4-2)16(19-11-20-17)13-5-6-15-12(10-13)7-9-21-15/h5-6,10-11H,3-4,7-9H2,1-2H3,(H,18,19,20). The molecule has 0 amide bonds. The van der Waals surface area contributed by atoms with Crippen LogP contribution in [-0.2, 0) is 12.8 Å². The minimum Gasteiger partial charge on any atom is -0.493 e. The van der Waals surface area contributed by atoms with E-state index in [1.807, 2.05) is 0 Å². The second-order valence-corrected chi connectivity index (χ2v) is 5.25. The molecule has 1 aliphatic rings. The van der Waals surface area contributed by atoms with E-state index in [0.717, 1.165) is 55.2 Å². The first-order valence-corrected chi connectivity index (χ1v) is 7.67. The number of fused-ring (bicyclic) bond motifs is 1. The van der Waals surface area contributed by atoms with E-state index in [4.69, 9.17) is 4.74 Å². The van der Waals surface area contributed by atoms with Crippen molar-refractivity contribution in [3.05, 3.63) is 35.7 Å². The third kappa shape index (κ3) is 2.71. The van der Waals surface area contributed by atoms with Crippen molar-refractivity contribution in [2.75, 3.05) is 18.5 Å². The fourth-order valence-electron chi connectivity index (χ4n) is 2.73. The van der Waals surface area contributed by atoms with Crippen LogP contribution in [-0.4, -0.2) is 23.1 Å². The van der Waals surface area contributed by atoms with Crippen molar-refractivity contribution in [1.82, 2.24) is 9.97 Å². The molecule has 1 N–H and O–H groups in total. The molecule has 3 rings (SSSR count). The van der Waals surface area contributed by atoms with Gasteiger partial charge < -0.3 is 10.1 Å². The molecule has 110 valence electrons. The third-order valence-electron chi connectivity index (χ3n) is 3.80. The Bertz CT molecular complexity index is 640. The van der Waals surface area contributed by atoms with Gasteiger partial charge in [-0.25, -0.2) is 9.97 Å². The van der Waals surface area contributed by atoms with E-state index in [1.165, 1.54) is 11.1 Å². The lowest BCUT2D eigenvalue weighted by molar-refractivity contribution is 0.357. The molecule has 0 atom stereocenters. The van der Waals surface area contributed by atoms with Crippen molar-refractivity contribution in [1.29, 1.82) is 0 Å². The Hall–Kier alpha value is -2.10. The molecule has 0 aliphatic carbocycles. The molecule has 1 aromatic heterocycles. The Morgan fingerprint density at radius 2 is 2.14 bits per heavy atom. The van der Waals surface area contributed by atoms with Crippen LogP contribution in [0.4, 0.5) is 5.82 Å². The zero-order valence-corrected chi connectivity index (χ0v) is 12.6. The lowest BCUT2D eigenvalue weighted by Crippen LogP contribution is -2.07. The van der Waals surface area contributed by atoms with Crippen molar-refractivity contribution in [2.45, 2.75) is 33.1 Å². The van der Waals surface area contributed by atoms with Gasteiger partial charge in [-0.2, -0.15) is 0 Å². The van der Waals surface area contributed by atoms with Crippen molar-refractivity contribution < 1.29 is 4.74 Å². The van der Waals surface area contributed by atoms with Gasteiger partial charge in [0.15, 0.2) is 0 Å². The first kappa shape index (κ1) is 13.9. The van der Waals surface area contributed by atoms with Crippen molar-refractivity contribution in [2.24, 2.45) is 0 Å². The highest BCUT2D eigenvalue weighted by Gasteiger charge is 2.16. The predicted octanol–water partition coefficient (Wildman–Crippen LogP) is 3.46. The summed E-state index contributed by atoms with van der Waals surface area (Å²) in [4.78, 5) is 8.92. The second kappa shape index (κ2) is 6.12. The highest BCUT2D eigenvalue weighted by atomic mass is 16.5. The minimum atomic E-state index is 0.784. The van der Waals surface area contributed by atoms with Crippen LogP contribution in [0, 0.1) is 0 Å². The number of hydrogen-bond acceptors (Lipinski definition) is 4. The fraction of sp³-hybridized carbons (Fsp3) is 0.412. The molecule has 0 saturated carbocycles. The van der Waals surface area contributed by atoms with Gasteiger partial charge in [-0.1, -0.05) is 13.8 Å². The van der Waals surface area contributed by atoms with Gasteiger partial charge in [-0.15, -0.1) is 0 Å². The van der Waals surface area contributed by atoms with Crippen molar-refractivity contribution in [3.63, 3.8) is 0 Å². The van der Waals surface area contributed by atoms with Gasteiger partial charge in [-0.05, 0) is 36.6 Å². The van der Waals surface area contributed by atoms with Crippen LogP contribution >= 0.6 is 0 Å². The van der Waals surface area contributed by atoms with Crippen molar-refractivity contribution >= 4 is 5.82 Å². The lowest BCUT2D eigenvalue weighted by Gasteiger charge is -2.13. The van der Waals surface area contributed by atoms with Gasteiger partial charge in [0.25, 0.3) is 0 Å². The average Bonchev–Trinajstić information content (AvgIpc) is 2.99. The number of rotatable bonds is 5. The zero-order chi connectivity index (χ0) is 14.7. The Labute approximate surface area is 125 Å². The van der Waals surface area contributed by atoms with Crippen LogP contribution < -0.4 is 10.1 Å². The van der Waals surface area contributed by atoms with Gasteiger partial charge in [0, 0.05) is 24.1 Å². The molecule has 0 saturated heterocycles. The highest BCUT2D eigenvalue weighted by Crippen LogP contribution is 2.32. The molecular weight excluding hydrogens is 262 g/mol. The molecule has 2 aromatic rings. The zero-order valence-electron chi connectivity index (χ0n) is 12.6. The normalized spacial score (nSPS) is 12.9. The largest absolute Gasteiger partial charge is 0.493 e. The molecular formula is C17H21N3O. The Morgan fingerprint density at radius 3 is 2.95 bits per heavy atom. The first-order chi connectivity index (χ1) is 10.3. The van der Waals surface area contributed by atoms with E-state index >= 15 is 0 Å². The van der Waals surface area contributed by atoms with Gasteiger partial charge >= 0.3 is 0 Å². The summed E-state index contributed by atoms with van der Waals surface area (Å²) in [6, 6.07) is 6.35. The maximum atomic E-state index is 5.58. The highest BCUT2D eigenvalue weighted by molar-refractivity contribution is 5.70. The summed E-state index contributed by atoms with van der Waals surface area (Å²) in [6.45, 7) is 6.02. The minimum absolute atomic E-state index is 0.784. The number of nitrogens with one attached hydrogen (secondary N) is 1. The summed E-state index contributed by atoms with van der Waals surface area (Å²) in [5.41, 5.74) is 4.64. The third-order valence-corrected chi connectivity index (χ3v) is 3.80. The lowest BCUT2D eigenvalue weighted by atomic mass is 10.0. The van der Waals surface area contributed by atoms with Crippen LogP contribution in [0.2, 0.25) is 0 Å². The van der Waals surface area contributed by atoms with Crippen LogP contribution in [0.3, 0.4) is 0 Å². The van der Waals surface area contributed by atoms with Gasteiger partial charge in [0.1, 0.15) is 17.9 Å². The number of anilines is 1. The SMILES string of the molecule is CCCNc1ncnc(-c2ccc3c(c2)CCO3)c1CC. The first-order valence-electron chi connectivity index (χ1n) is 7.67. The molecule has 0 fully saturated rings. The summed E-state index contributed by atoms with van der Waals surface area (Å²) >= 11 is 0. The van der Waals surface area contributed by atoms with Crippen LogP contribution in [0.5, 0.6) is 5.75 Å². The van der Waals surface area contributed by atoms with Crippen LogP contribution in [0.15, 0.2) is 24.5 Å². The Morgan fingerprint density at radius 1 is 1.24 bits per heavy atom. The number of aromatic nitrogens is 2. The van der Waals surface area contributed by atoms with Gasteiger partial charge in [0.2, 0.25) is 0 Å². The summed E-state index contributed by atoms with van der Waals surface area (Å²) in [6.07, 6.45) is 4.63. The van der Waals surface area contributed by atoms with E-state index in [2.05, 4.69) is 47.3 Å². The van der Waals surface area contributed by atoms with Crippen LogP contribution in [0.25, 0.3) is 11.3 Å². The number of benzene rings is 1. The van der Waals surface area contributed by atoms with E-state index in [0.29, 0.717) is 0 Å². The molecule has 21 heavy (non-hydrogen) atoms. The maximum Gasteiger partial charge on any atom is 0.133 e. The van der Waals surface area contributed by atoms with Crippen molar-refractivity contribution in [3.8, 4) is 17.0 Å². The summed E-state index contributed by atoms with van der Waals surface area (Å²) in [5.74, 6) is 1.97. The number of hydrogen-bond donors (Lipinski definition) is 1. The van der Waals surface area contributed by atoms with E-state index in [-0.39, 0.29) is 0 Å². The molecule has 4 nitrogen and oxygen atoms in total. The van der Waals surface area contributed by atoms with Crippen LogP contribution in [0.1, 0.15) is 31.4 Å². The summed E-state index contributed by atoms with van der Waals surface area (Å²) in [7, 11) is 0. The fourth-order valence-corrected chi connectivity index (χ4v) is 2.73. The van der Waals surface area contributed by atoms with Gasteiger partial charge in [0.05, 0.1) is 12.3 Å². The van der Waals surface area contributed by atoms with E-state index in [1.54, 1.807) is 6.33 Å². The number of nitrogens with zero attached hydrogens (tertiary/aromatic N) is 2. The number of ether oxygens (including phenoxy) is 1. The maximum absolute atomic E-state index is 5.58. The molecule has 0 radical (unpaired) electrons.